The first-order valence-corrected chi connectivity index (χ1v) is 6.07. The maximum absolute atomic E-state index is 11.4. The highest BCUT2D eigenvalue weighted by Gasteiger charge is 2.14. The molecule has 0 saturated carbocycles. The van der Waals surface area contributed by atoms with Crippen molar-refractivity contribution in [2.75, 3.05) is 6.26 Å². The Morgan fingerprint density at radius 2 is 1.80 bits per heavy atom. The van der Waals surface area contributed by atoms with Gasteiger partial charge in [-0.15, -0.1) is 0 Å². The van der Waals surface area contributed by atoms with Crippen molar-refractivity contribution in [1.82, 2.24) is 10.2 Å². The lowest BCUT2D eigenvalue weighted by Crippen LogP contribution is -2.13. The second kappa shape index (κ2) is 3.16. The number of aromatic amines is 1. The van der Waals surface area contributed by atoms with Crippen LogP contribution in [0.1, 0.15) is 0 Å². The van der Waals surface area contributed by atoms with Gasteiger partial charge in [0.25, 0.3) is 5.56 Å². The van der Waals surface area contributed by atoms with Gasteiger partial charge in [0, 0.05) is 11.6 Å². The molecule has 0 amide bonds. The molecular weight excluding hydrogens is 216 g/mol. The second-order valence-corrected chi connectivity index (χ2v) is 5.11. The summed E-state index contributed by atoms with van der Waals surface area (Å²) in [6, 6.07) is 6.46. The maximum atomic E-state index is 11.4. The number of rotatable bonds is 1. The first kappa shape index (κ1) is 9.85. The Labute approximate surface area is 85.7 Å². The SMILES string of the molecule is CS(=O)(=O)c1n[nH]c(=O)c2ccccc12. The Bertz CT molecular complexity index is 673. The number of nitrogens with one attached hydrogen (secondary N) is 1. The molecule has 0 spiro atoms. The molecular formula is C9H8N2O3S. The predicted molar refractivity (Wildman–Crippen MR) is 55.5 cm³/mol. The summed E-state index contributed by atoms with van der Waals surface area (Å²) in [5, 5.41) is 6.30. The van der Waals surface area contributed by atoms with Crippen LogP contribution in [0.5, 0.6) is 0 Å². The first-order chi connectivity index (χ1) is 7.00. The van der Waals surface area contributed by atoms with E-state index >= 15 is 0 Å². The molecule has 2 rings (SSSR count). The molecule has 2 aromatic rings. The molecule has 0 bridgehead atoms. The van der Waals surface area contributed by atoms with Crippen molar-refractivity contribution >= 4 is 20.6 Å². The standard InChI is InChI=1S/C9H8N2O3S/c1-15(13,14)9-7-5-3-2-4-6(7)8(12)10-11-9/h2-5H,1H3,(H,10,12). The van der Waals surface area contributed by atoms with Gasteiger partial charge in [-0.1, -0.05) is 18.2 Å². The van der Waals surface area contributed by atoms with E-state index in [1.54, 1.807) is 24.3 Å². The number of sulfone groups is 1. The molecule has 78 valence electrons. The summed E-state index contributed by atoms with van der Waals surface area (Å²) in [4.78, 5) is 11.3. The van der Waals surface area contributed by atoms with Crippen molar-refractivity contribution in [3.63, 3.8) is 0 Å². The lowest BCUT2D eigenvalue weighted by atomic mass is 10.2. The summed E-state index contributed by atoms with van der Waals surface area (Å²) in [6.07, 6.45) is 1.06. The van der Waals surface area contributed by atoms with E-state index in [-0.39, 0.29) is 5.03 Å². The van der Waals surface area contributed by atoms with Gasteiger partial charge in [0.1, 0.15) is 0 Å². The number of nitrogens with zero attached hydrogens (tertiary/aromatic N) is 1. The average molecular weight is 224 g/mol. The summed E-state index contributed by atoms with van der Waals surface area (Å²) >= 11 is 0. The smallest absolute Gasteiger partial charge is 0.267 e. The molecule has 1 heterocycles. The Morgan fingerprint density at radius 1 is 1.20 bits per heavy atom. The minimum absolute atomic E-state index is 0.0994. The highest BCUT2D eigenvalue weighted by atomic mass is 32.2. The van der Waals surface area contributed by atoms with Crippen molar-refractivity contribution in [2.24, 2.45) is 0 Å². The molecule has 0 fully saturated rings. The summed E-state index contributed by atoms with van der Waals surface area (Å²) in [5.41, 5.74) is -0.391. The molecule has 0 aliphatic carbocycles. The molecule has 0 saturated heterocycles. The average Bonchev–Trinajstić information content (AvgIpc) is 2.17. The van der Waals surface area contributed by atoms with Crippen molar-refractivity contribution in [3.05, 3.63) is 34.6 Å². The van der Waals surface area contributed by atoms with E-state index in [1.165, 1.54) is 0 Å². The molecule has 0 atom stereocenters. The number of H-pyrrole nitrogens is 1. The van der Waals surface area contributed by atoms with Crippen LogP contribution in [0, 0.1) is 0 Å². The van der Waals surface area contributed by atoms with Crippen LogP contribution in [-0.2, 0) is 9.84 Å². The molecule has 1 aromatic heterocycles. The van der Waals surface area contributed by atoms with Gasteiger partial charge in [-0.05, 0) is 6.07 Å². The maximum Gasteiger partial charge on any atom is 0.272 e. The normalized spacial score (nSPS) is 11.8. The monoisotopic (exact) mass is 224 g/mol. The van der Waals surface area contributed by atoms with E-state index in [1.807, 2.05) is 0 Å². The highest BCUT2D eigenvalue weighted by molar-refractivity contribution is 7.90. The molecule has 0 radical (unpaired) electrons. The third-order valence-electron chi connectivity index (χ3n) is 2.01. The number of aromatic nitrogens is 2. The van der Waals surface area contributed by atoms with Crippen LogP contribution in [0.4, 0.5) is 0 Å². The third kappa shape index (κ3) is 1.63. The minimum atomic E-state index is -3.43. The van der Waals surface area contributed by atoms with Gasteiger partial charge in [0.05, 0.1) is 5.39 Å². The zero-order valence-electron chi connectivity index (χ0n) is 7.89. The van der Waals surface area contributed by atoms with Gasteiger partial charge in [0.15, 0.2) is 14.9 Å². The van der Waals surface area contributed by atoms with Crippen LogP contribution < -0.4 is 5.56 Å². The van der Waals surface area contributed by atoms with Gasteiger partial charge in [0.2, 0.25) is 0 Å². The van der Waals surface area contributed by atoms with Gasteiger partial charge in [-0.25, -0.2) is 13.5 Å². The first-order valence-electron chi connectivity index (χ1n) is 4.17. The van der Waals surface area contributed by atoms with Crippen LogP contribution >= 0.6 is 0 Å². The molecule has 15 heavy (non-hydrogen) atoms. The summed E-state index contributed by atoms with van der Waals surface area (Å²) in [5.74, 6) is 0. The number of fused-ring (bicyclic) bond motifs is 1. The largest absolute Gasteiger partial charge is 0.272 e. The van der Waals surface area contributed by atoms with Gasteiger partial charge in [-0.2, -0.15) is 5.10 Å². The second-order valence-electron chi connectivity index (χ2n) is 3.18. The number of hydrogen-bond donors (Lipinski definition) is 1. The van der Waals surface area contributed by atoms with Crippen LogP contribution in [0.25, 0.3) is 10.8 Å². The number of hydrogen-bond acceptors (Lipinski definition) is 4. The van der Waals surface area contributed by atoms with Crippen molar-refractivity contribution in [1.29, 1.82) is 0 Å². The van der Waals surface area contributed by atoms with Crippen LogP contribution in [0.2, 0.25) is 0 Å². The van der Waals surface area contributed by atoms with Gasteiger partial charge < -0.3 is 0 Å². The Kier molecular flexibility index (Phi) is 2.08. The predicted octanol–water partition coefficient (Wildman–Crippen LogP) is 0.327. The molecule has 5 nitrogen and oxygen atoms in total. The summed E-state index contributed by atoms with van der Waals surface area (Å²) < 4.78 is 22.7. The Balaban J connectivity index is 3.03. The van der Waals surface area contributed by atoms with Crippen LogP contribution in [0.15, 0.2) is 34.1 Å². The van der Waals surface area contributed by atoms with Gasteiger partial charge in [-0.3, -0.25) is 4.79 Å². The van der Waals surface area contributed by atoms with Gasteiger partial charge >= 0.3 is 0 Å². The van der Waals surface area contributed by atoms with Crippen LogP contribution in [-0.4, -0.2) is 24.9 Å². The van der Waals surface area contributed by atoms with Crippen LogP contribution in [0.3, 0.4) is 0 Å². The zero-order chi connectivity index (χ0) is 11.1. The lowest BCUT2D eigenvalue weighted by Gasteiger charge is -2.01. The molecule has 0 aliphatic rings. The molecule has 0 unspecified atom stereocenters. The molecule has 0 aliphatic heterocycles. The molecule has 1 N–H and O–H groups in total. The third-order valence-corrected chi connectivity index (χ3v) is 3.03. The fourth-order valence-electron chi connectivity index (χ4n) is 1.37. The van der Waals surface area contributed by atoms with E-state index in [2.05, 4.69) is 10.2 Å². The fourth-order valence-corrected chi connectivity index (χ4v) is 2.16. The van der Waals surface area contributed by atoms with Crippen molar-refractivity contribution < 1.29 is 8.42 Å². The Hall–Kier alpha value is -1.69. The minimum Gasteiger partial charge on any atom is -0.267 e. The van der Waals surface area contributed by atoms with Crippen molar-refractivity contribution in [2.45, 2.75) is 5.03 Å². The topological polar surface area (TPSA) is 79.9 Å². The van der Waals surface area contributed by atoms with E-state index in [0.717, 1.165) is 6.26 Å². The molecule has 1 aromatic carbocycles. The Morgan fingerprint density at radius 3 is 2.40 bits per heavy atom. The summed E-state index contributed by atoms with van der Waals surface area (Å²) in [7, 11) is -3.43. The lowest BCUT2D eigenvalue weighted by molar-refractivity contribution is 0.597. The quantitative estimate of drug-likeness (QED) is 0.756. The van der Waals surface area contributed by atoms with Crippen molar-refractivity contribution in [3.8, 4) is 0 Å². The van der Waals surface area contributed by atoms with E-state index < -0.39 is 15.4 Å². The zero-order valence-corrected chi connectivity index (χ0v) is 8.71. The fraction of sp³-hybridized carbons (Fsp3) is 0.111. The van der Waals surface area contributed by atoms with E-state index in [9.17, 15) is 13.2 Å². The number of benzene rings is 1. The summed E-state index contributed by atoms with van der Waals surface area (Å²) in [6.45, 7) is 0. The highest BCUT2D eigenvalue weighted by Crippen LogP contribution is 2.16. The molecule has 6 heteroatoms. The van der Waals surface area contributed by atoms with E-state index in [4.69, 9.17) is 0 Å². The van der Waals surface area contributed by atoms with E-state index in [0.29, 0.717) is 10.8 Å².